The first-order valence-electron chi connectivity index (χ1n) is 13.6. The molecule has 2 aromatic carbocycles. The number of nitrogens with zero attached hydrogens (tertiary/aromatic N) is 3. The zero-order chi connectivity index (χ0) is 29.3. The Labute approximate surface area is 239 Å². The molecule has 1 heterocycles. The van der Waals surface area contributed by atoms with E-state index in [0.29, 0.717) is 28.6 Å². The van der Waals surface area contributed by atoms with E-state index in [-0.39, 0.29) is 19.8 Å². The van der Waals surface area contributed by atoms with Crippen molar-refractivity contribution < 1.29 is 29.0 Å². The molecule has 1 amide bonds. The van der Waals surface area contributed by atoms with E-state index in [1.54, 1.807) is 35.8 Å². The van der Waals surface area contributed by atoms with Gasteiger partial charge in [0.15, 0.2) is 5.16 Å². The zero-order valence-corrected chi connectivity index (χ0v) is 24.7. The molecule has 216 valence electrons. The Morgan fingerprint density at radius 2 is 1.73 bits per heavy atom. The maximum absolute atomic E-state index is 13.1. The maximum atomic E-state index is 13.1. The Hall–Kier alpha value is -3.53. The van der Waals surface area contributed by atoms with Gasteiger partial charge < -0.3 is 19.1 Å². The number of anilines is 1. The van der Waals surface area contributed by atoms with Crippen molar-refractivity contribution in [1.82, 2.24) is 9.55 Å². The fourth-order valence-electron chi connectivity index (χ4n) is 4.41. The van der Waals surface area contributed by atoms with Gasteiger partial charge in [-0.1, -0.05) is 70.1 Å². The van der Waals surface area contributed by atoms with E-state index in [0.717, 1.165) is 23.9 Å². The van der Waals surface area contributed by atoms with Gasteiger partial charge in [-0.15, -0.1) is 0 Å². The summed E-state index contributed by atoms with van der Waals surface area (Å²) in [5.74, 6) is -0.872. The molecule has 0 aliphatic rings. The average Bonchev–Trinajstić information content (AvgIpc) is 3.25. The van der Waals surface area contributed by atoms with Crippen molar-refractivity contribution in [3.63, 3.8) is 0 Å². The highest BCUT2D eigenvalue weighted by Gasteiger charge is 2.36. The van der Waals surface area contributed by atoms with Crippen molar-refractivity contribution in [2.24, 2.45) is 5.41 Å². The van der Waals surface area contributed by atoms with Crippen LogP contribution in [0.25, 0.3) is 11.0 Å². The van der Waals surface area contributed by atoms with Crippen LogP contribution in [0.1, 0.15) is 70.3 Å². The number of carbonyl (C=O) groups is 3. The van der Waals surface area contributed by atoms with Crippen LogP contribution in [0.4, 0.5) is 10.5 Å². The topological polar surface area (TPSA) is 111 Å². The number of fused-ring (bicyclic) bond motifs is 1. The number of imidazole rings is 1. The maximum Gasteiger partial charge on any atom is 0.414 e. The number of carboxylic acids is 1. The Morgan fingerprint density at radius 3 is 2.40 bits per heavy atom. The predicted octanol–water partition coefficient (Wildman–Crippen LogP) is 6.81. The van der Waals surface area contributed by atoms with E-state index in [9.17, 15) is 19.5 Å². The summed E-state index contributed by atoms with van der Waals surface area (Å²) in [6, 6.07) is 13.5. The number of hydrogen-bond acceptors (Lipinski definition) is 7. The number of thioether (sulfide) groups is 1. The van der Waals surface area contributed by atoms with Crippen LogP contribution in [-0.2, 0) is 14.3 Å². The van der Waals surface area contributed by atoms with E-state index in [1.807, 2.05) is 52.0 Å². The third-order valence-electron chi connectivity index (χ3n) is 6.27. The summed E-state index contributed by atoms with van der Waals surface area (Å²) in [7, 11) is 0. The fourth-order valence-corrected chi connectivity index (χ4v) is 5.37. The summed E-state index contributed by atoms with van der Waals surface area (Å²) in [6.45, 7) is 10.2. The molecule has 0 saturated carbocycles. The number of hydrogen-bond donors (Lipinski definition) is 1. The minimum atomic E-state index is -0.922. The van der Waals surface area contributed by atoms with Gasteiger partial charge in [0.25, 0.3) is 0 Å². The Balaban J connectivity index is 1.85. The predicted molar refractivity (Wildman–Crippen MR) is 157 cm³/mol. The monoisotopic (exact) mass is 569 g/mol. The van der Waals surface area contributed by atoms with Crippen LogP contribution in [-0.4, -0.2) is 58.2 Å². The van der Waals surface area contributed by atoms with E-state index in [4.69, 9.17) is 14.5 Å². The van der Waals surface area contributed by atoms with Crippen LogP contribution < -0.4 is 4.90 Å². The van der Waals surface area contributed by atoms with Gasteiger partial charge in [0, 0.05) is 12.3 Å². The lowest BCUT2D eigenvalue weighted by atomic mass is 9.86. The molecule has 0 radical (unpaired) electrons. The Morgan fingerprint density at radius 1 is 1.02 bits per heavy atom. The van der Waals surface area contributed by atoms with Crippen LogP contribution >= 0.6 is 11.8 Å². The van der Waals surface area contributed by atoms with Crippen LogP contribution in [0.2, 0.25) is 0 Å². The van der Waals surface area contributed by atoms with Gasteiger partial charge in [-0.05, 0) is 49.4 Å². The number of para-hydroxylation sites is 3. The molecule has 0 bridgehead atoms. The van der Waals surface area contributed by atoms with Crippen molar-refractivity contribution >= 4 is 46.5 Å². The van der Waals surface area contributed by atoms with E-state index in [1.165, 1.54) is 16.7 Å². The summed E-state index contributed by atoms with van der Waals surface area (Å²) in [5.41, 5.74) is 1.65. The standard InChI is InChI=1S/C30H39N3O6S/c1-6-8-19-39-29(37)32(23-16-11-9-14-21(23)27(36)38-7-2)18-13-20-40-28-31-22-15-10-12-17-24(22)33(28)25(26(34)35)30(3,4)5/h9-12,14-17,25H,6-8,13,18-20H2,1-5H3,(H,34,35). The van der Waals surface area contributed by atoms with Crippen LogP contribution in [0, 0.1) is 5.41 Å². The third-order valence-corrected chi connectivity index (χ3v) is 7.31. The number of amides is 1. The smallest absolute Gasteiger partial charge is 0.414 e. The summed E-state index contributed by atoms with van der Waals surface area (Å²) in [4.78, 5) is 44.3. The molecule has 9 nitrogen and oxygen atoms in total. The largest absolute Gasteiger partial charge is 0.480 e. The van der Waals surface area contributed by atoms with Crippen molar-refractivity contribution in [2.45, 2.75) is 65.1 Å². The highest BCUT2D eigenvalue weighted by atomic mass is 32.2. The van der Waals surface area contributed by atoms with Crippen LogP contribution in [0.3, 0.4) is 0 Å². The van der Waals surface area contributed by atoms with Gasteiger partial charge in [0.05, 0.1) is 35.5 Å². The lowest BCUT2D eigenvalue weighted by molar-refractivity contribution is -0.144. The summed E-state index contributed by atoms with van der Waals surface area (Å²) in [5, 5.41) is 10.7. The first-order chi connectivity index (χ1) is 19.1. The van der Waals surface area contributed by atoms with Crippen molar-refractivity contribution in [2.75, 3.05) is 30.4 Å². The summed E-state index contributed by atoms with van der Waals surface area (Å²) >= 11 is 1.44. The molecule has 0 spiro atoms. The number of benzene rings is 2. The minimum Gasteiger partial charge on any atom is -0.480 e. The highest BCUT2D eigenvalue weighted by Crippen LogP contribution is 2.37. The molecule has 3 rings (SSSR count). The molecular formula is C30H39N3O6S. The molecule has 1 unspecified atom stereocenters. The fraction of sp³-hybridized carbons (Fsp3) is 0.467. The molecular weight excluding hydrogens is 530 g/mol. The van der Waals surface area contributed by atoms with Gasteiger partial charge in [0.2, 0.25) is 0 Å². The molecule has 1 N–H and O–H groups in total. The van der Waals surface area contributed by atoms with Crippen molar-refractivity contribution in [3.8, 4) is 0 Å². The van der Waals surface area contributed by atoms with Crippen molar-refractivity contribution in [3.05, 3.63) is 54.1 Å². The zero-order valence-electron chi connectivity index (χ0n) is 23.9. The second-order valence-electron chi connectivity index (χ2n) is 10.4. The minimum absolute atomic E-state index is 0.220. The first kappa shape index (κ1) is 31.0. The first-order valence-corrected chi connectivity index (χ1v) is 14.6. The van der Waals surface area contributed by atoms with E-state index >= 15 is 0 Å². The SMILES string of the molecule is CCCCOC(=O)N(CCCSc1nc2ccccc2n1C(C(=O)O)C(C)(C)C)c1ccccc1C(=O)OCC. The van der Waals surface area contributed by atoms with Crippen LogP contribution in [0.5, 0.6) is 0 Å². The molecule has 0 saturated heterocycles. The second-order valence-corrected chi connectivity index (χ2v) is 11.5. The average molecular weight is 570 g/mol. The van der Waals surface area contributed by atoms with Crippen molar-refractivity contribution in [1.29, 1.82) is 0 Å². The summed E-state index contributed by atoms with van der Waals surface area (Å²) < 4.78 is 12.5. The molecule has 1 aromatic heterocycles. The third kappa shape index (κ3) is 7.56. The lowest BCUT2D eigenvalue weighted by Gasteiger charge is -2.30. The summed E-state index contributed by atoms with van der Waals surface area (Å²) in [6.07, 6.45) is 1.64. The quantitative estimate of drug-likeness (QED) is 0.136. The highest BCUT2D eigenvalue weighted by molar-refractivity contribution is 7.99. The number of unbranched alkanes of at least 4 members (excludes halogenated alkanes) is 1. The molecule has 10 heteroatoms. The van der Waals surface area contributed by atoms with Gasteiger partial charge in [-0.3, -0.25) is 4.90 Å². The Bertz CT molecular complexity index is 1320. The van der Waals surface area contributed by atoms with Gasteiger partial charge in [-0.25, -0.2) is 19.4 Å². The molecule has 0 aliphatic heterocycles. The lowest BCUT2D eigenvalue weighted by Crippen LogP contribution is -2.34. The normalized spacial score (nSPS) is 12.2. The van der Waals surface area contributed by atoms with E-state index in [2.05, 4.69) is 0 Å². The molecule has 3 aromatic rings. The second kappa shape index (κ2) is 14.2. The number of aliphatic carboxylic acids is 1. The molecule has 0 fully saturated rings. The van der Waals surface area contributed by atoms with Gasteiger partial charge in [0.1, 0.15) is 6.04 Å². The van der Waals surface area contributed by atoms with Gasteiger partial charge >= 0.3 is 18.0 Å². The number of carboxylic acid groups (broad SMARTS) is 1. The number of carbonyl (C=O) groups excluding carboxylic acids is 2. The number of rotatable bonds is 13. The number of ether oxygens (including phenoxy) is 2. The Kier molecular flexibility index (Phi) is 11.0. The number of esters is 1. The molecule has 0 aliphatic carbocycles. The number of aromatic nitrogens is 2. The molecule has 1 atom stereocenters. The van der Waals surface area contributed by atoms with E-state index < -0.39 is 29.5 Å². The van der Waals surface area contributed by atoms with Gasteiger partial charge in [-0.2, -0.15) is 0 Å². The molecule has 40 heavy (non-hydrogen) atoms. The van der Waals surface area contributed by atoms with Crippen LogP contribution in [0.15, 0.2) is 53.7 Å².